The summed E-state index contributed by atoms with van der Waals surface area (Å²) in [5.41, 5.74) is 0.348. The normalized spacial score (nSPS) is 18.0. The molecule has 0 saturated carbocycles. The quantitative estimate of drug-likeness (QED) is 0.870. The van der Waals surface area contributed by atoms with E-state index < -0.39 is 5.97 Å². The van der Waals surface area contributed by atoms with Gasteiger partial charge >= 0.3 is 5.97 Å². The number of rotatable bonds is 6. The van der Waals surface area contributed by atoms with Gasteiger partial charge in [-0.1, -0.05) is 13.8 Å². The first-order valence-corrected chi connectivity index (χ1v) is 7.57. The Kier molecular flexibility index (Phi) is 5.49. The molecule has 1 N–H and O–H groups in total. The molecule has 0 aliphatic carbocycles. The first-order chi connectivity index (χ1) is 10.5. The molecular formula is C16H22N2O4. The Morgan fingerprint density at radius 1 is 1.45 bits per heavy atom. The fraction of sp³-hybridized carbons (Fsp3) is 0.562. The number of hydrogen-bond acceptors (Lipinski definition) is 4. The van der Waals surface area contributed by atoms with Gasteiger partial charge in [0.05, 0.1) is 11.7 Å². The van der Waals surface area contributed by atoms with Crippen molar-refractivity contribution in [3.05, 3.63) is 29.6 Å². The van der Waals surface area contributed by atoms with E-state index in [1.54, 1.807) is 4.90 Å². The molecule has 6 nitrogen and oxygen atoms in total. The summed E-state index contributed by atoms with van der Waals surface area (Å²) >= 11 is 0. The Bertz CT molecular complexity index is 527. The molecule has 0 aromatic carbocycles. The molecule has 0 spiro atoms. The molecule has 0 bridgehead atoms. The second kappa shape index (κ2) is 7.35. The topological polar surface area (TPSA) is 79.7 Å². The van der Waals surface area contributed by atoms with Gasteiger partial charge in [0, 0.05) is 25.9 Å². The second-order valence-corrected chi connectivity index (χ2v) is 5.95. The Hall–Kier alpha value is -1.95. The number of aromatic carboxylic acids is 1. The molecule has 1 aromatic heterocycles. The molecule has 120 valence electrons. The number of ether oxygens (including phenoxy) is 1. The lowest BCUT2D eigenvalue weighted by atomic mass is 10.1. The van der Waals surface area contributed by atoms with Crippen molar-refractivity contribution in [1.29, 1.82) is 0 Å². The molecular weight excluding hydrogens is 284 g/mol. The standard InChI is InChI=1S/C16H22N2O4/c1-11(2)6-8-22-13-5-7-18(10-13)15(19)12-3-4-14(16(20)21)17-9-12/h3-4,9,11,13H,5-8,10H2,1-2H3,(H,20,21). The Morgan fingerprint density at radius 2 is 2.23 bits per heavy atom. The lowest BCUT2D eigenvalue weighted by Crippen LogP contribution is -2.30. The van der Waals surface area contributed by atoms with Gasteiger partial charge in [-0.2, -0.15) is 0 Å². The SMILES string of the molecule is CC(C)CCOC1CCN(C(=O)c2ccc(C(=O)O)nc2)C1. The average Bonchev–Trinajstić information content (AvgIpc) is 2.95. The molecule has 6 heteroatoms. The van der Waals surface area contributed by atoms with E-state index in [1.165, 1.54) is 18.3 Å². The molecule has 1 fully saturated rings. The van der Waals surface area contributed by atoms with Crippen molar-refractivity contribution in [2.75, 3.05) is 19.7 Å². The summed E-state index contributed by atoms with van der Waals surface area (Å²) in [6.45, 7) is 6.27. The number of hydrogen-bond donors (Lipinski definition) is 1. The third-order valence-corrected chi connectivity index (χ3v) is 3.71. The van der Waals surface area contributed by atoms with Crippen LogP contribution in [0.25, 0.3) is 0 Å². The number of amides is 1. The Balaban J connectivity index is 1.87. The van der Waals surface area contributed by atoms with E-state index in [4.69, 9.17) is 9.84 Å². The summed E-state index contributed by atoms with van der Waals surface area (Å²) in [6.07, 6.45) is 3.27. The van der Waals surface area contributed by atoms with Crippen LogP contribution in [0, 0.1) is 5.92 Å². The Morgan fingerprint density at radius 3 is 2.82 bits per heavy atom. The lowest BCUT2D eigenvalue weighted by molar-refractivity contribution is 0.0484. The van der Waals surface area contributed by atoms with Crippen LogP contribution in [0.2, 0.25) is 0 Å². The van der Waals surface area contributed by atoms with Gasteiger partial charge in [0.15, 0.2) is 0 Å². The molecule has 1 aliphatic rings. The van der Waals surface area contributed by atoms with Crippen molar-refractivity contribution in [1.82, 2.24) is 9.88 Å². The van der Waals surface area contributed by atoms with Crippen LogP contribution in [0.3, 0.4) is 0 Å². The fourth-order valence-corrected chi connectivity index (χ4v) is 2.35. The highest BCUT2D eigenvalue weighted by Crippen LogP contribution is 2.16. The summed E-state index contributed by atoms with van der Waals surface area (Å²) in [7, 11) is 0. The van der Waals surface area contributed by atoms with Crippen LogP contribution in [-0.4, -0.2) is 52.7 Å². The number of aromatic nitrogens is 1. The van der Waals surface area contributed by atoms with Crippen molar-refractivity contribution in [3.8, 4) is 0 Å². The largest absolute Gasteiger partial charge is 0.477 e. The van der Waals surface area contributed by atoms with Crippen LogP contribution in [0.15, 0.2) is 18.3 Å². The predicted octanol–water partition coefficient (Wildman–Crippen LogP) is 2.06. The van der Waals surface area contributed by atoms with Gasteiger partial charge in [-0.05, 0) is 30.9 Å². The van der Waals surface area contributed by atoms with E-state index in [2.05, 4.69) is 18.8 Å². The zero-order valence-electron chi connectivity index (χ0n) is 13.0. The van der Waals surface area contributed by atoms with Gasteiger partial charge in [0.25, 0.3) is 5.91 Å². The van der Waals surface area contributed by atoms with E-state index in [9.17, 15) is 9.59 Å². The molecule has 1 saturated heterocycles. The first kappa shape index (κ1) is 16.4. The van der Waals surface area contributed by atoms with Crippen LogP contribution < -0.4 is 0 Å². The highest BCUT2D eigenvalue weighted by molar-refractivity contribution is 5.95. The average molecular weight is 306 g/mol. The molecule has 0 radical (unpaired) electrons. The van der Waals surface area contributed by atoms with Gasteiger partial charge in [-0.25, -0.2) is 9.78 Å². The molecule has 1 aromatic rings. The van der Waals surface area contributed by atoms with Crippen LogP contribution in [-0.2, 0) is 4.74 Å². The molecule has 2 rings (SSSR count). The smallest absolute Gasteiger partial charge is 0.354 e. The second-order valence-electron chi connectivity index (χ2n) is 5.95. The van der Waals surface area contributed by atoms with E-state index in [0.717, 1.165) is 19.4 Å². The van der Waals surface area contributed by atoms with Crippen molar-refractivity contribution in [3.63, 3.8) is 0 Å². The van der Waals surface area contributed by atoms with E-state index >= 15 is 0 Å². The van der Waals surface area contributed by atoms with Gasteiger partial charge in [-0.15, -0.1) is 0 Å². The molecule has 1 aliphatic heterocycles. The number of pyridine rings is 1. The Labute approximate surface area is 130 Å². The minimum absolute atomic E-state index is 0.0622. The zero-order valence-corrected chi connectivity index (χ0v) is 13.0. The minimum atomic E-state index is -1.10. The zero-order chi connectivity index (χ0) is 16.1. The van der Waals surface area contributed by atoms with Crippen molar-refractivity contribution in [2.45, 2.75) is 32.8 Å². The summed E-state index contributed by atoms with van der Waals surface area (Å²) in [4.78, 5) is 28.6. The summed E-state index contributed by atoms with van der Waals surface area (Å²) in [6, 6.07) is 2.86. The lowest BCUT2D eigenvalue weighted by Gasteiger charge is -2.17. The third kappa shape index (κ3) is 4.27. The van der Waals surface area contributed by atoms with Gasteiger partial charge in [-0.3, -0.25) is 4.79 Å². The predicted molar refractivity (Wildman–Crippen MR) is 80.9 cm³/mol. The van der Waals surface area contributed by atoms with Crippen molar-refractivity contribution in [2.24, 2.45) is 5.92 Å². The van der Waals surface area contributed by atoms with Crippen LogP contribution >= 0.6 is 0 Å². The number of carboxylic acids is 1. The maximum Gasteiger partial charge on any atom is 0.354 e. The fourth-order valence-electron chi connectivity index (χ4n) is 2.35. The maximum atomic E-state index is 12.3. The number of likely N-dealkylation sites (tertiary alicyclic amines) is 1. The van der Waals surface area contributed by atoms with E-state index in [0.29, 0.717) is 24.6 Å². The van der Waals surface area contributed by atoms with E-state index in [-0.39, 0.29) is 17.7 Å². The highest BCUT2D eigenvalue weighted by atomic mass is 16.5. The summed E-state index contributed by atoms with van der Waals surface area (Å²) in [5.74, 6) is -0.615. The first-order valence-electron chi connectivity index (χ1n) is 7.57. The van der Waals surface area contributed by atoms with Gasteiger partial charge < -0.3 is 14.7 Å². The van der Waals surface area contributed by atoms with Crippen LogP contribution in [0.5, 0.6) is 0 Å². The van der Waals surface area contributed by atoms with E-state index in [1.807, 2.05) is 0 Å². The van der Waals surface area contributed by atoms with Crippen molar-refractivity contribution >= 4 is 11.9 Å². The molecule has 1 amide bonds. The number of carbonyl (C=O) groups excluding carboxylic acids is 1. The number of nitrogens with zero attached hydrogens (tertiary/aromatic N) is 2. The summed E-state index contributed by atoms with van der Waals surface area (Å²) in [5, 5.41) is 8.81. The number of carboxylic acid groups (broad SMARTS) is 1. The monoisotopic (exact) mass is 306 g/mol. The molecule has 1 unspecified atom stereocenters. The number of carbonyl (C=O) groups is 2. The highest BCUT2D eigenvalue weighted by Gasteiger charge is 2.27. The minimum Gasteiger partial charge on any atom is -0.477 e. The molecule has 1 atom stereocenters. The summed E-state index contributed by atoms with van der Waals surface area (Å²) < 4.78 is 5.79. The van der Waals surface area contributed by atoms with Gasteiger partial charge in [0.2, 0.25) is 0 Å². The van der Waals surface area contributed by atoms with Gasteiger partial charge in [0.1, 0.15) is 5.69 Å². The van der Waals surface area contributed by atoms with Crippen LogP contribution in [0.4, 0.5) is 0 Å². The molecule has 2 heterocycles. The molecule has 22 heavy (non-hydrogen) atoms. The third-order valence-electron chi connectivity index (χ3n) is 3.71. The van der Waals surface area contributed by atoms with Crippen molar-refractivity contribution < 1.29 is 19.4 Å². The maximum absolute atomic E-state index is 12.3. The van der Waals surface area contributed by atoms with Crippen LogP contribution in [0.1, 0.15) is 47.5 Å².